The first kappa shape index (κ1) is 16.4. The van der Waals surface area contributed by atoms with E-state index < -0.39 is 17.3 Å². The Morgan fingerprint density at radius 2 is 1.72 bits per heavy atom. The van der Waals surface area contributed by atoms with E-state index in [4.69, 9.17) is 10.8 Å². The van der Waals surface area contributed by atoms with Crippen molar-refractivity contribution >= 4 is 17.8 Å². The third kappa shape index (κ3) is 6.22. The highest BCUT2D eigenvalue weighted by atomic mass is 16.4. The molecule has 0 aromatic heterocycles. The molecule has 0 aromatic carbocycles. The average Bonchev–Trinajstić information content (AvgIpc) is 2.09. The fraction of sp³-hybridized carbons (Fsp3) is 0.750. The second-order valence-electron chi connectivity index (χ2n) is 5.49. The first-order valence-electron chi connectivity index (χ1n) is 5.85. The molecule has 0 radical (unpaired) electrons. The van der Waals surface area contributed by atoms with Crippen LogP contribution in [0, 0.1) is 5.41 Å². The van der Waals surface area contributed by atoms with Gasteiger partial charge in [-0.15, -0.1) is 0 Å². The molecule has 18 heavy (non-hydrogen) atoms. The van der Waals surface area contributed by atoms with Crippen LogP contribution in [0.3, 0.4) is 0 Å². The van der Waals surface area contributed by atoms with Gasteiger partial charge in [0.15, 0.2) is 0 Å². The zero-order valence-electron chi connectivity index (χ0n) is 11.4. The summed E-state index contributed by atoms with van der Waals surface area (Å²) in [7, 11) is 0. The van der Waals surface area contributed by atoms with Crippen molar-refractivity contribution in [3.63, 3.8) is 0 Å². The zero-order valence-corrected chi connectivity index (χ0v) is 11.4. The third-order valence-corrected chi connectivity index (χ3v) is 2.53. The number of rotatable bonds is 7. The Balaban J connectivity index is 4.69. The van der Waals surface area contributed by atoms with E-state index in [0.717, 1.165) is 0 Å². The Labute approximate surface area is 107 Å². The van der Waals surface area contributed by atoms with E-state index >= 15 is 0 Å². The van der Waals surface area contributed by atoms with Crippen LogP contribution in [0.5, 0.6) is 0 Å². The van der Waals surface area contributed by atoms with Crippen molar-refractivity contribution in [2.24, 2.45) is 11.1 Å². The van der Waals surface area contributed by atoms with Crippen LogP contribution in [-0.2, 0) is 14.4 Å². The molecule has 0 saturated heterocycles. The quantitative estimate of drug-likeness (QED) is 0.698. The minimum Gasteiger partial charge on any atom is -0.481 e. The lowest BCUT2D eigenvalue weighted by Gasteiger charge is -2.30. The van der Waals surface area contributed by atoms with Crippen molar-refractivity contribution in [1.29, 1.82) is 0 Å². The summed E-state index contributed by atoms with van der Waals surface area (Å²) in [6.45, 7) is 6.85. The minimum atomic E-state index is -0.946. The lowest BCUT2D eigenvalue weighted by atomic mass is 9.85. The standard InChI is InChI=1S/C12H22N2O4/c1-8(2)14(7-9(13)15)10(16)5-12(3,4)6-11(17)18/h8H,5-7H2,1-4H3,(H2,13,15)(H,17,18). The van der Waals surface area contributed by atoms with E-state index in [1.807, 2.05) is 0 Å². The molecule has 0 heterocycles. The summed E-state index contributed by atoms with van der Waals surface area (Å²) in [6, 6.07) is -0.148. The van der Waals surface area contributed by atoms with Gasteiger partial charge < -0.3 is 15.7 Å². The summed E-state index contributed by atoms with van der Waals surface area (Å²) < 4.78 is 0. The van der Waals surface area contributed by atoms with E-state index in [2.05, 4.69) is 0 Å². The number of primary amides is 1. The molecule has 0 bridgehead atoms. The molecule has 0 atom stereocenters. The maximum absolute atomic E-state index is 12.0. The van der Waals surface area contributed by atoms with Gasteiger partial charge in [0.1, 0.15) is 0 Å². The number of hydrogen-bond acceptors (Lipinski definition) is 3. The van der Waals surface area contributed by atoms with Crippen molar-refractivity contribution in [2.75, 3.05) is 6.54 Å². The Morgan fingerprint density at radius 3 is 2.06 bits per heavy atom. The predicted octanol–water partition coefficient (Wildman–Crippen LogP) is 0.600. The van der Waals surface area contributed by atoms with Gasteiger partial charge in [-0.1, -0.05) is 13.8 Å². The first-order chi connectivity index (χ1) is 8.05. The number of amides is 2. The van der Waals surface area contributed by atoms with Gasteiger partial charge in [-0.05, 0) is 19.3 Å². The molecule has 0 rings (SSSR count). The number of carbonyl (C=O) groups excluding carboxylic acids is 2. The van der Waals surface area contributed by atoms with Gasteiger partial charge in [0.05, 0.1) is 13.0 Å². The summed E-state index contributed by atoms with van der Waals surface area (Å²) in [4.78, 5) is 35.0. The Kier molecular flexibility index (Phi) is 5.81. The van der Waals surface area contributed by atoms with Crippen molar-refractivity contribution < 1.29 is 19.5 Å². The zero-order chi connectivity index (χ0) is 14.5. The lowest BCUT2D eigenvalue weighted by Crippen LogP contribution is -2.44. The number of nitrogens with two attached hydrogens (primary N) is 1. The molecule has 0 unspecified atom stereocenters. The van der Waals surface area contributed by atoms with Crippen LogP contribution >= 0.6 is 0 Å². The Bertz CT molecular complexity index is 337. The van der Waals surface area contributed by atoms with Gasteiger partial charge in [-0.2, -0.15) is 0 Å². The van der Waals surface area contributed by atoms with Crippen LogP contribution in [0.1, 0.15) is 40.5 Å². The number of hydrogen-bond donors (Lipinski definition) is 2. The SMILES string of the molecule is CC(C)N(CC(N)=O)C(=O)CC(C)(C)CC(=O)O. The number of carboxylic acids is 1. The third-order valence-electron chi connectivity index (χ3n) is 2.53. The van der Waals surface area contributed by atoms with E-state index in [0.29, 0.717) is 0 Å². The van der Waals surface area contributed by atoms with Crippen molar-refractivity contribution in [3.8, 4) is 0 Å². The molecule has 0 spiro atoms. The van der Waals surface area contributed by atoms with Crippen molar-refractivity contribution in [3.05, 3.63) is 0 Å². The minimum absolute atomic E-state index is 0.0742. The van der Waals surface area contributed by atoms with Crippen LogP contribution in [0.2, 0.25) is 0 Å². The molecule has 104 valence electrons. The topological polar surface area (TPSA) is 101 Å². The lowest BCUT2D eigenvalue weighted by molar-refractivity contribution is -0.142. The monoisotopic (exact) mass is 258 g/mol. The number of carboxylic acid groups (broad SMARTS) is 1. The fourth-order valence-corrected chi connectivity index (χ4v) is 1.71. The second kappa shape index (κ2) is 6.37. The van der Waals surface area contributed by atoms with E-state index in [9.17, 15) is 14.4 Å². The summed E-state index contributed by atoms with van der Waals surface area (Å²) in [5.41, 5.74) is 4.44. The molecule has 0 aromatic rings. The molecule has 6 nitrogen and oxygen atoms in total. The maximum atomic E-state index is 12.0. The summed E-state index contributed by atoms with van der Waals surface area (Å²) in [5.74, 6) is -1.78. The van der Waals surface area contributed by atoms with Gasteiger partial charge >= 0.3 is 5.97 Å². The smallest absolute Gasteiger partial charge is 0.303 e. The van der Waals surface area contributed by atoms with E-state index in [1.165, 1.54) is 4.90 Å². The van der Waals surface area contributed by atoms with Crippen LogP contribution < -0.4 is 5.73 Å². The highest BCUT2D eigenvalue weighted by Gasteiger charge is 2.29. The first-order valence-corrected chi connectivity index (χ1v) is 5.85. The summed E-state index contributed by atoms with van der Waals surface area (Å²) >= 11 is 0. The van der Waals surface area contributed by atoms with Gasteiger partial charge in [-0.25, -0.2) is 0 Å². The molecular weight excluding hydrogens is 236 g/mol. The predicted molar refractivity (Wildman–Crippen MR) is 66.7 cm³/mol. The van der Waals surface area contributed by atoms with Gasteiger partial charge in [0.25, 0.3) is 0 Å². The van der Waals surface area contributed by atoms with Crippen LogP contribution in [0.15, 0.2) is 0 Å². The maximum Gasteiger partial charge on any atom is 0.303 e. The largest absolute Gasteiger partial charge is 0.481 e. The van der Waals surface area contributed by atoms with Gasteiger partial charge in [0, 0.05) is 12.5 Å². The van der Waals surface area contributed by atoms with E-state index in [1.54, 1.807) is 27.7 Å². The Morgan fingerprint density at radius 1 is 1.22 bits per heavy atom. The molecule has 0 aliphatic carbocycles. The second-order valence-corrected chi connectivity index (χ2v) is 5.49. The van der Waals surface area contributed by atoms with Crippen LogP contribution in [0.4, 0.5) is 0 Å². The van der Waals surface area contributed by atoms with Crippen LogP contribution in [-0.4, -0.2) is 40.4 Å². The van der Waals surface area contributed by atoms with Crippen molar-refractivity contribution in [2.45, 2.75) is 46.6 Å². The van der Waals surface area contributed by atoms with Gasteiger partial charge in [0.2, 0.25) is 11.8 Å². The summed E-state index contributed by atoms with van der Waals surface area (Å²) in [6.07, 6.45) is -0.0218. The summed E-state index contributed by atoms with van der Waals surface area (Å²) in [5, 5.41) is 8.76. The normalized spacial score (nSPS) is 11.4. The number of nitrogens with zero attached hydrogens (tertiary/aromatic N) is 1. The molecule has 3 N–H and O–H groups in total. The molecule has 0 fully saturated rings. The molecule has 2 amide bonds. The highest BCUT2D eigenvalue weighted by Crippen LogP contribution is 2.26. The van der Waals surface area contributed by atoms with Crippen molar-refractivity contribution in [1.82, 2.24) is 4.90 Å². The Hall–Kier alpha value is -1.59. The fourth-order valence-electron chi connectivity index (χ4n) is 1.71. The van der Waals surface area contributed by atoms with Gasteiger partial charge in [-0.3, -0.25) is 14.4 Å². The highest BCUT2D eigenvalue weighted by molar-refractivity contribution is 5.84. The number of carbonyl (C=O) groups is 3. The molecule has 6 heteroatoms. The van der Waals surface area contributed by atoms with Crippen LogP contribution in [0.25, 0.3) is 0 Å². The molecule has 0 aliphatic rings. The molecule has 0 aliphatic heterocycles. The number of aliphatic carboxylic acids is 1. The molecule has 0 saturated carbocycles. The average molecular weight is 258 g/mol. The molecular formula is C12H22N2O4. The van der Waals surface area contributed by atoms with E-state index in [-0.39, 0.29) is 31.3 Å².